The molecule has 0 bridgehead atoms. The van der Waals surface area contributed by atoms with Gasteiger partial charge in [-0.2, -0.15) is 0 Å². The second kappa shape index (κ2) is 13.3. The fraction of sp³-hybridized carbons (Fsp3) is 0.944. The fourth-order valence-corrected chi connectivity index (χ4v) is 3.68. The molecule has 0 aromatic carbocycles. The smallest absolute Gasteiger partial charge is 0.188 e. The first-order chi connectivity index (χ1) is 10.8. The summed E-state index contributed by atoms with van der Waals surface area (Å²) in [5, 5.41) is 3.42. The van der Waals surface area contributed by atoms with E-state index in [1.54, 1.807) is 0 Å². The van der Waals surface area contributed by atoms with Crippen molar-refractivity contribution >= 4 is 29.9 Å². The zero-order valence-corrected chi connectivity index (χ0v) is 17.1. The summed E-state index contributed by atoms with van der Waals surface area (Å²) in [6.07, 6.45) is 15.9. The normalized spacial score (nSPS) is 21.5. The molecule has 23 heavy (non-hydrogen) atoms. The van der Waals surface area contributed by atoms with E-state index in [1.165, 1.54) is 96.7 Å². The quantitative estimate of drug-likeness (QED) is 0.209. The summed E-state index contributed by atoms with van der Waals surface area (Å²) in [5.41, 5.74) is 6.02. The third kappa shape index (κ3) is 9.75. The maximum Gasteiger partial charge on any atom is 0.188 e. The Hall–Kier alpha value is -0.0400. The van der Waals surface area contributed by atoms with Gasteiger partial charge in [-0.3, -0.25) is 4.99 Å². The van der Waals surface area contributed by atoms with E-state index in [4.69, 9.17) is 5.73 Å². The summed E-state index contributed by atoms with van der Waals surface area (Å²) in [6, 6.07) is 0.561. The molecule has 2 aliphatic rings. The van der Waals surface area contributed by atoms with Gasteiger partial charge >= 0.3 is 0 Å². The molecule has 2 rings (SSSR count). The maximum absolute atomic E-state index is 6.02. The van der Waals surface area contributed by atoms with Gasteiger partial charge in [-0.05, 0) is 58.2 Å². The van der Waals surface area contributed by atoms with Gasteiger partial charge in [0, 0.05) is 12.6 Å². The van der Waals surface area contributed by atoms with Gasteiger partial charge in [0.05, 0.1) is 0 Å². The van der Waals surface area contributed by atoms with Crippen molar-refractivity contribution in [1.29, 1.82) is 0 Å². The number of unbranched alkanes of at least 4 members (excludes halogenated alkanes) is 2. The van der Waals surface area contributed by atoms with Crippen molar-refractivity contribution in [2.45, 2.75) is 83.1 Å². The highest BCUT2D eigenvalue weighted by Gasteiger charge is 2.12. The third-order valence-corrected chi connectivity index (χ3v) is 5.07. The van der Waals surface area contributed by atoms with Crippen molar-refractivity contribution in [1.82, 2.24) is 10.2 Å². The van der Waals surface area contributed by atoms with E-state index < -0.39 is 0 Å². The predicted octanol–water partition coefficient (Wildman–Crippen LogP) is 3.89. The van der Waals surface area contributed by atoms with Gasteiger partial charge in [-0.25, -0.2) is 0 Å². The fourth-order valence-electron chi connectivity index (χ4n) is 3.68. The zero-order chi connectivity index (χ0) is 15.5. The summed E-state index contributed by atoms with van der Waals surface area (Å²) in [6.45, 7) is 4.79. The van der Waals surface area contributed by atoms with E-state index in [1.807, 2.05) is 0 Å². The minimum Gasteiger partial charge on any atom is -0.370 e. The molecule has 3 N–H and O–H groups in total. The van der Waals surface area contributed by atoms with Crippen molar-refractivity contribution < 1.29 is 0 Å². The van der Waals surface area contributed by atoms with Gasteiger partial charge in [0.25, 0.3) is 0 Å². The van der Waals surface area contributed by atoms with E-state index >= 15 is 0 Å². The van der Waals surface area contributed by atoms with Crippen LogP contribution in [-0.4, -0.2) is 43.1 Å². The molecule has 1 saturated heterocycles. The lowest BCUT2D eigenvalue weighted by Gasteiger charge is -2.26. The molecule has 2 fully saturated rings. The topological polar surface area (TPSA) is 53.6 Å². The number of aliphatic imine (C=N–C) groups is 1. The summed E-state index contributed by atoms with van der Waals surface area (Å²) in [7, 11) is 0. The van der Waals surface area contributed by atoms with Crippen molar-refractivity contribution in [3.63, 3.8) is 0 Å². The summed E-state index contributed by atoms with van der Waals surface area (Å²) < 4.78 is 0. The summed E-state index contributed by atoms with van der Waals surface area (Å²) in [4.78, 5) is 7.12. The first-order valence-corrected chi connectivity index (χ1v) is 9.63. The molecule has 1 aliphatic carbocycles. The first kappa shape index (κ1) is 21.0. The van der Waals surface area contributed by atoms with E-state index in [9.17, 15) is 0 Å². The predicted molar refractivity (Wildman–Crippen MR) is 111 cm³/mol. The second-order valence-electron chi connectivity index (χ2n) is 7.06. The Labute approximate surface area is 160 Å². The van der Waals surface area contributed by atoms with Crippen LogP contribution < -0.4 is 11.1 Å². The standard InChI is InChI=1S/C18H36N4.HI/c19-18(21-17-11-5-1-2-6-12-17)20-13-7-3-8-14-22-15-9-4-10-16-22;/h17H,1-16H2,(H3,19,20,21);1H. The minimum absolute atomic E-state index is 0. The molecule has 136 valence electrons. The van der Waals surface area contributed by atoms with Gasteiger partial charge in [-0.15, -0.1) is 24.0 Å². The maximum atomic E-state index is 6.02. The molecule has 0 aromatic heterocycles. The van der Waals surface area contributed by atoms with Crippen LogP contribution in [0.25, 0.3) is 0 Å². The average Bonchev–Trinajstić information content (AvgIpc) is 2.80. The summed E-state index contributed by atoms with van der Waals surface area (Å²) >= 11 is 0. The van der Waals surface area contributed by atoms with E-state index in [0.29, 0.717) is 12.0 Å². The molecule has 0 aromatic rings. The number of hydrogen-bond donors (Lipinski definition) is 2. The van der Waals surface area contributed by atoms with Crippen LogP contribution in [0.3, 0.4) is 0 Å². The number of nitrogens with zero attached hydrogens (tertiary/aromatic N) is 2. The molecule has 1 heterocycles. The van der Waals surface area contributed by atoms with Gasteiger partial charge < -0.3 is 16.0 Å². The number of nitrogens with one attached hydrogen (secondary N) is 1. The molecular weight excluding hydrogens is 399 g/mol. The molecule has 4 nitrogen and oxygen atoms in total. The largest absolute Gasteiger partial charge is 0.370 e. The van der Waals surface area contributed by atoms with Crippen molar-refractivity contribution in [2.75, 3.05) is 26.2 Å². The van der Waals surface area contributed by atoms with Crippen LogP contribution in [0.4, 0.5) is 0 Å². The average molecular weight is 436 g/mol. The minimum atomic E-state index is 0. The van der Waals surface area contributed by atoms with E-state index in [2.05, 4.69) is 15.2 Å². The Balaban J connectivity index is 0.00000264. The Morgan fingerprint density at radius 3 is 2.26 bits per heavy atom. The number of halogens is 1. The van der Waals surface area contributed by atoms with Crippen molar-refractivity contribution in [3.05, 3.63) is 0 Å². The molecule has 5 heteroatoms. The molecule has 0 amide bonds. The Morgan fingerprint density at radius 2 is 1.57 bits per heavy atom. The third-order valence-electron chi connectivity index (χ3n) is 5.07. The number of guanidine groups is 1. The number of hydrogen-bond acceptors (Lipinski definition) is 2. The highest BCUT2D eigenvalue weighted by atomic mass is 127. The molecule has 0 spiro atoms. The number of nitrogens with two attached hydrogens (primary N) is 1. The molecular formula is C18H37IN4. The Kier molecular flexibility index (Phi) is 12.1. The number of piperidine rings is 1. The van der Waals surface area contributed by atoms with E-state index in [-0.39, 0.29) is 24.0 Å². The molecule has 0 atom stereocenters. The second-order valence-corrected chi connectivity index (χ2v) is 7.06. The lowest BCUT2D eigenvalue weighted by molar-refractivity contribution is 0.224. The van der Waals surface area contributed by atoms with Gasteiger partial charge in [0.1, 0.15) is 0 Å². The SMILES string of the molecule is I.NC(=NCCCCCN1CCCCC1)NC1CCCCCC1. The lowest BCUT2D eigenvalue weighted by Crippen LogP contribution is -2.39. The van der Waals surface area contributed by atoms with Crippen LogP contribution in [-0.2, 0) is 0 Å². The monoisotopic (exact) mass is 436 g/mol. The van der Waals surface area contributed by atoms with Crippen LogP contribution in [0.1, 0.15) is 77.0 Å². The lowest BCUT2D eigenvalue weighted by atomic mass is 10.1. The van der Waals surface area contributed by atoms with Gasteiger partial charge in [0.15, 0.2) is 5.96 Å². The highest BCUT2D eigenvalue weighted by Crippen LogP contribution is 2.17. The molecule has 1 saturated carbocycles. The van der Waals surface area contributed by atoms with Crippen LogP contribution in [0.15, 0.2) is 4.99 Å². The molecule has 0 unspecified atom stereocenters. The van der Waals surface area contributed by atoms with Crippen LogP contribution in [0, 0.1) is 0 Å². The Morgan fingerprint density at radius 1 is 0.913 bits per heavy atom. The zero-order valence-electron chi connectivity index (χ0n) is 14.8. The number of rotatable bonds is 7. The first-order valence-electron chi connectivity index (χ1n) is 9.63. The van der Waals surface area contributed by atoms with Gasteiger partial charge in [-0.1, -0.05) is 38.5 Å². The van der Waals surface area contributed by atoms with Crippen LogP contribution >= 0.6 is 24.0 Å². The number of likely N-dealkylation sites (tertiary alicyclic amines) is 1. The Bertz CT molecular complexity index is 308. The molecule has 1 aliphatic heterocycles. The van der Waals surface area contributed by atoms with Crippen LogP contribution in [0.5, 0.6) is 0 Å². The van der Waals surface area contributed by atoms with Crippen LogP contribution in [0.2, 0.25) is 0 Å². The van der Waals surface area contributed by atoms with Crippen molar-refractivity contribution in [3.8, 4) is 0 Å². The van der Waals surface area contributed by atoms with Gasteiger partial charge in [0.2, 0.25) is 0 Å². The summed E-state index contributed by atoms with van der Waals surface area (Å²) in [5.74, 6) is 0.669. The van der Waals surface area contributed by atoms with E-state index in [0.717, 1.165) is 6.54 Å². The highest BCUT2D eigenvalue weighted by molar-refractivity contribution is 14.0. The van der Waals surface area contributed by atoms with Crippen molar-refractivity contribution in [2.24, 2.45) is 10.7 Å². The molecule has 0 radical (unpaired) electrons.